The lowest BCUT2D eigenvalue weighted by Crippen LogP contribution is -2.42. The molecule has 1 aromatic rings. The number of carboxylic acid groups (broad SMARTS) is 1. The van der Waals surface area contributed by atoms with Gasteiger partial charge in [0.05, 0.1) is 23.6 Å². The maximum absolute atomic E-state index is 12.4. The smallest absolute Gasteiger partial charge is 0.305 e. The summed E-state index contributed by atoms with van der Waals surface area (Å²) in [6, 6.07) is 4.62. The Morgan fingerprint density at radius 1 is 1.30 bits per heavy atom. The molecule has 0 spiro atoms. The summed E-state index contributed by atoms with van der Waals surface area (Å²) >= 11 is 0. The molecule has 0 bridgehead atoms. The predicted octanol–water partition coefficient (Wildman–Crippen LogP) is 1.84. The second kappa shape index (κ2) is 4.44. The van der Waals surface area contributed by atoms with E-state index in [1.165, 1.54) is 0 Å². The highest BCUT2D eigenvalue weighted by Crippen LogP contribution is 2.40. The Hall–Kier alpha value is -2.17. The third-order valence-corrected chi connectivity index (χ3v) is 3.96. The van der Waals surface area contributed by atoms with Crippen LogP contribution in [-0.4, -0.2) is 33.8 Å². The molecule has 1 aromatic carbocycles. The number of benzene rings is 1. The Bertz CT molecular complexity index is 618. The van der Waals surface area contributed by atoms with E-state index in [1.54, 1.807) is 18.2 Å². The lowest BCUT2D eigenvalue weighted by atomic mass is 10.1. The molecule has 2 amide bonds. The van der Waals surface area contributed by atoms with Gasteiger partial charge in [0.1, 0.15) is 0 Å². The molecule has 1 atom stereocenters. The van der Waals surface area contributed by atoms with E-state index in [1.807, 2.05) is 6.92 Å². The van der Waals surface area contributed by atoms with Crippen molar-refractivity contribution in [3.05, 3.63) is 34.9 Å². The fraction of sp³-hybridized carbons (Fsp3) is 0.400. The summed E-state index contributed by atoms with van der Waals surface area (Å²) in [5.74, 6) is -1.56. The lowest BCUT2D eigenvalue weighted by molar-refractivity contribution is -0.138. The molecular formula is C15H15NO4. The van der Waals surface area contributed by atoms with Crippen LogP contribution in [0, 0.1) is 12.8 Å². The first-order valence-corrected chi connectivity index (χ1v) is 6.69. The van der Waals surface area contributed by atoms with Crippen LogP contribution >= 0.6 is 0 Å². The van der Waals surface area contributed by atoms with E-state index < -0.39 is 12.0 Å². The number of rotatable bonds is 4. The summed E-state index contributed by atoms with van der Waals surface area (Å²) in [4.78, 5) is 37.0. The van der Waals surface area contributed by atoms with Crippen molar-refractivity contribution in [3.63, 3.8) is 0 Å². The van der Waals surface area contributed by atoms with E-state index in [4.69, 9.17) is 5.11 Å². The summed E-state index contributed by atoms with van der Waals surface area (Å²) in [6.07, 6.45) is 1.59. The molecule has 1 aliphatic carbocycles. The molecule has 1 aliphatic heterocycles. The summed E-state index contributed by atoms with van der Waals surface area (Å²) in [5, 5.41) is 9.01. The minimum Gasteiger partial charge on any atom is -0.481 e. The molecule has 104 valence electrons. The summed E-state index contributed by atoms with van der Waals surface area (Å²) in [6.45, 7) is 1.86. The second-order valence-corrected chi connectivity index (χ2v) is 5.53. The van der Waals surface area contributed by atoms with Crippen molar-refractivity contribution in [2.75, 3.05) is 0 Å². The third-order valence-electron chi connectivity index (χ3n) is 3.96. The summed E-state index contributed by atoms with van der Waals surface area (Å²) in [5.41, 5.74) is 1.69. The standard InChI is InChI=1S/C15H15NO4/c1-8-2-5-10-11(6-8)15(20)16(14(10)19)12(7-13(17)18)9-3-4-9/h2,5-6,9,12H,3-4,7H2,1H3,(H,17,18). The fourth-order valence-electron chi connectivity index (χ4n) is 2.80. The fourth-order valence-corrected chi connectivity index (χ4v) is 2.80. The van der Waals surface area contributed by atoms with E-state index in [9.17, 15) is 14.4 Å². The molecule has 1 heterocycles. The van der Waals surface area contributed by atoms with Gasteiger partial charge in [0, 0.05) is 0 Å². The maximum atomic E-state index is 12.4. The highest BCUT2D eigenvalue weighted by Gasteiger charge is 2.46. The zero-order chi connectivity index (χ0) is 14.4. The number of carbonyl (C=O) groups is 3. The average Bonchev–Trinajstić information content (AvgIpc) is 3.17. The Morgan fingerprint density at radius 3 is 2.55 bits per heavy atom. The van der Waals surface area contributed by atoms with Crippen molar-refractivity contribution in [1.29, 1.82) is 0 Å². The third kappa shape index (κ3) is 1.99. The van der Waals surface area contributed by atoms with Crippen LogP contribution in [0.2, 0.25) is 0 Å². The maximum Gasteiger partial charge on any atom is 0.305 e. The Balaban J connectivity index is 1.97. The molecule has 20 heavy (non-hydrogen) atoms. The van der Waals surface area contributed by atoms with Crippen LogP contribution in [0.25, 0.3) is 0 Å². The minimum absolute atomic E-state index is 0.134. The first-order valence-electron chi connectivity index (χ1n) is 6.69. The number of fused-ring (bicyclic) bond motifs is 1. The van der Waals surface area contributed by atoms with Crippen LogP contribution in [-0.2, 0) is 4.79 Å². The van der Waals surface area contributed by atoms with Crippen LogP contribution in [0.1, 0.15) is 45.5 Å². The normalized spacial score (nSPS) is 19.1. The molecule has 0 aromatic heterocycles. The number of hydrogen-bond donors (Lipinski definition) is 1. The van der Waals surface area contributed by atoms with Crippen LogP contribution in [0.5, 0.6) is 0 Å². The molecule has 5 heteroatoms. The average molecular weight is 273 g/mol. The number of amides is 2. The first-order chi connectivity index (χ1) is 9.49. The summed E-state index contributed by atoms with van der Waals surface area (Å²) in [7, 11) is 0. The Kier molecular flexibility index (Phi) is 2.85. The van der Waals surface area contributed by atoms with Gasteiger partial charge >= 0.3 is 5.97 Å². The van der Waals surface area contributed by atoms with Gasteiger partial charge < -0.3 is 5.11 Å². The largest absolute Gasteiger partial charge is 0.481 e. The molecule has 1 unspecified atom stereocenters. The SMILES string of the molecule is Cc1ccc2c(c1)C(=O)N(C(CC(=O)O)C1CC1)C2=O. The molecule has 0 radical (unpaired) electrons. The topological polar surface area (TPSA) is 74.7 Å². The van der Waals surface area contributed by atoms with Crippen molar-refractivity contribution in [2.45, 2.75) is 32.2 Å². The molecule has 2 aliphatic rings. The minimum atomic E-state index is -0.977. The molecule has 1 saturated carbocycles. The number of imide groups is 1. The van der Waals surface area contributed by atoms with Gasteiger partial charge in [-0.05, 0) is 37.8 Å². The van der Waals surface area contributed by atoms with Crippen LogP contribution in [0.15, 0.2) is 18.2 Å². The predicted molar refractivity (Wildman–Crippen MR) is 70.4 cm³/mol. The first kappa shape index (κ1) is 12.8. The van der Waals surface area contributed by atoms with Gasteiger partial charge in [-0.3, -0.25) is 19.3 Å². The van der Waals surface area contributed by atoms with Crippen LogP contribution in [0.4, 0.5) is 0 Å². The molecule has 1 N–H and O–H groups in total. The van der Waals surface area contributed by atoms with Gasteiger partial charge in [-0.15, -0.1) is 0 Å². The van der Waals surface area contributed by atoms with Crippen molar-refractivity contribution < 1.29 is 19.5 Å². The molecule has 3 rings (SSSR count). The van der Waals surface area contributed by atoms with Crippen molar-refractivity contribution in [3.8, 4) is 0 Å². The number of carbonyl (C=O) groups excluding carboxylic acids is 2. The Labute approximate surface area is 116 Å². The van der Waals surface area contributed by atoms with Crippen molar-refractivity contribution in [1.82, 2.24) is 4.90 Å². The number of nitrogens with zero attached hydrogens (tertiary/aromatic N) is 1. The molecular weight excluding hydrogens is 258 g/mol. The van der Waals surface area contributed by atoms with Gasteiger partial charge in [-0.25, -0.2) is 0 Å². The van der Waals surface area contributed by atoms with Gasteiger partial charge in [-0.1, -0.05) is 11.6 Å². The van der Waals surface area contributed by atoms with Gasteiger partial charge in [0.25, 0.3) is 11.8 Å². The van der Waals surface area contributed by atoms with Crippen molar-refractivity contribution >= 4 is 17.8 Å². The number of aliphatic carboxylic acids is 1. The van der Waals surface area contributed by atoms with Gasteiger partial charge in [-0.2, -0.15) is 0 Å². The van der Waals surface area contributed by atoms with E-state index in [-0.39, 0.29) is 24.2 Å². The van der Waals surface area contributed by atoms with Crippen molar-refractivity contribution in [2.24, 2.45) is 5.92 Å². The highest BCUT2D eigenvalue weighted by atomic mass is 16.4. The highest BCUT2D eigenvalue weighted by molar-refractivity contribution is 6.21. The van der Waals surface area contributed by atoms with Gasteiger partial charge in [0.15, 0.2) is 0 Å². The lowest BCUT2D eigenvalue weighted by Gasteiger charge is -2.24. The van der Waals surface area contributed by atoms with Gasteiger partial charge in [0.2, 0.25) is 0 Å². The van der Waals surface area contributed by atoms with Crippen LogP contribution in [0.3, 0.4) is 0 Å². The number of carboxylic acids is 1. The molecule has 5 nitrogen and oxygen atoms in total. The van der Waals surface area contributed by atoms with Crippen LogP contribution < -0.4 is 0 Å². The van der Waals surface area contributed by atoms with E-state index in [0.717, 1.165) is 23.3 Å². The number of aryl methyl sites for hydroxylation is 1. The molecule has 1 fully saturated rings. The van der Waals surface area contributed by atoms with E-state index in [0.29, 0.717) is 11.1 Å². The quantitative estimate of drug-likeness (QED) is 0.849. The Morgan fingerprint density at radius 2 is 1.95 bits per heavy atom. The monoisotopic (exact) mass is 273 g/mol. The summed E-state index contributed by atoms with van der Waals surface area (Å²) < 4.78 is 0. The second-order valence-electron chi connectivity index (χ2n) is 5.53. The zero-order valence-electron chi connectivity index (χ0n) is 11.1. The van der Waals surface area contributed by atoms with E-state index in [2.05, 4.69) is 0 Å². The number of hydrogen-bond acceptors (Lipinski definition) is 3. The molecule has 0 saturated heterocycles. The van der Waals surface area contributed by atoms with E-state index >= 15 is 0 Å². The zero-order valence-corrected chi connectivity index (χ0v) is 11.1.